The quantitative estimate of drug-likeness (QED) is 0.0397. The molecule has 1 aliphatic heterocycles. The molecule has 1 aliphatic carbocycles. The number of nitrogen functional groups attached to an aromatic ring is 1. The molecule has 2 aliphatic rings. The van der Waals surface area contributed by atoms with Crippen LogP contribution in [0, 0.1) is 5.41 Å². The van der Waals surface area contributed by atoms with Gasteiger partial charge in [-0.1, -0.05) is 59.4 Å². The molecular weight excluding hydrogens is 1040 g/mol. The molecule has 30 heteroatoms. The van der Waals surface area contributed by atoms with E-state index in [-0.39, 0.29) is 64.1 Å². The zero-order chi connectivity index (χ0) is 53.9. The molecule has 0 bridgehead atoms. The average molecular weight is 1100 g/mol. The van der Waals surface area contributed by atoms with Crippen molar-refractivity contribution in [1.29, 1.82) is 0 Å². The molecule has 26 nitrogen and oxygen atoms in total. The van der Waals surface area contributed by atoms with E-state index in [1.165, 1.54) is 25.0 Å². The van der Waals surface area contributed by atoms with E-state index in [1.807, 2.05) is 12.1 Å². The Morgan fingerprint density at radius 1 is 0.904 bits per heavy atom. The zero-order valence-electron chi connectivity index (χ0n) is 40.4. The summed E-state index contributed by atoms with van der Waals surface area (Å²) in [5, 5.41) is 29.3. The molecule has 73 heavy (non-hydrogen) atoms. The fraction of sp³-hybridized carbons (Fsp3) is 0.512. The molecule has 3 heterocycles. The number of ether oxygens (including phenoxy) is 1. The van der Waals surface area contributed by atoms with E-state index < -0.39 is 84.6 Å². The van der Waals surface area contributed by atoms with Crippen molar-refractivity contribution >= 4 is 80.7 Å². The Kier molecular flexibility index (Phi) is 18.0. The van der Waals surface area contributed by atoms with E-state index in [0.717, 1.165) is 41.8 Å². The first-order chi connectivity index (χ1) is 33.9. The summed E-state index contributed by atoms with van der Waals surface area (Å²) < 4.78 is 62.6. The van der Waals surface area contributed by atoms with Crippen molar-refractivity contribution in [2.75, 3.05) is 43.1 Å². The molecule has 3 amide bonds. The molecule has 2 aromatic carbocycles. The van der Waals surface area contributed by atoms with Gasteiger partial charge in [0.25, 0.3) is 5.91 Å². The summed E-state index contributed by atoms with van der Waals surface area (Å²) in [6.07, 6.45) is -4.98. The van der Waals surface area contributed by atoms with Gasteiger partial charge in [-0.25, -0.2) is 28.6 Å². The molecular formula is C43H59N8O18P3S. The van der Waals surface area contributed by atoms with Crippen LogP contribution in [0.25, 0.3) is 11.2 Å². The number of aromatic nitrogens is 4. The van der Waals surface area contributed by atoms with Crippen molar-refractivity contribution in [1.82, 2.24) is 30.2 Å². The summed E-state index contributed by atoms with van der Waals surface area (Å²) in [5.41, 5.74) is 8.16. The van der Waals surface area contributed by atoms with Crippen molar-refractivity contribution in [3.63, 3.8) is 0 Å². The van der Waals surface area contributed by atoms with Crippen LogP contribution >= 0.6 is 35.2 Å². The molecule has 0 saturated carbocycles. The number of hydrogen-bond donors (Lipinski definition) is 10. The monoisotopic (exact) mass is 1100 g/mol. The van der Waals surface area contributed by atoms with Gasteiger partial charge in [-0.3, -0.25) is 37.3 Å². The highest BCUT2D eigenvalue weighted by molar-refractivity contribution is 8.14. The van der Waals surface area contributed by atoms with Gasteiger partial charge in [-0.15, -0.1) is 0 Å². The Bertz CT molecular complexity index is 2850. The van der Waals surface area contributed by atoms with Gasteiger partial charge in [0.05, 0.1) is 19.5 Å². The summed E-state index contributed by atoms with van der Waals surface area (Å²) in [6.45, 7) is 9.14. The van der Waals surface area contributed by atoms with Crippen LogP contribution < -0.4 is 21.7 Å². The first-order valence-corrected chi connectivity index (χ1v) is 28.0. The van der Waals surface area contributed by atoms with Gasteiger partial charge in [0.15, 0.2) is 17.7 Å². The number of nitrogens with two attached hydrogens (primary N) is 1. The number of hydrogen-bond acceptors (Lipinski definition) is 19. The lowest BCUT2D eigenvalue weighted by atomic mass is 9.63. The largest absolute Gasteiger partial charge is 0.481 e. The number of phosphoric acid groups is 3. The normalized spacial score (nSPS) is 21.6. The molecule has 1 fully saturated rings. The maximum absolute atomic E-state index is 13.1. The predicted molar refractivity (Wildman–Crippen MR) is 263 cm³/mol. The van der Waals surface area contributed by atoms with E-state index >= 15 is 0 Å². The smallest absolute Gasteiger partial charge is 0.386 e. The lowest BCUT2D eigenvalue weighted by Gasteiger charge is -2.42. The number of carbonyl (C=O) groups excluding carboxylic acids is 4. The average Bonchev–Trinajstić information content (AvgIpc) is 3.87. The standard InChI is InChI=1S/C43H59N8O18P3S/c1-41(2)14-15-42(3,4)28-19-26(11-12-27(28)41)50-37(55)24-7-9-25(10-8-24)40(57)73-18-17-45-30(52)13-16-46-38(56)34(54)43(5,6)21-66-72(63,64)69-71(61,62)65-20-29-33(68-70(58,59)60)32(53)39(67-29)51-23-49-31-35(44)47-22-48-36(31)51/h7-12,19,22-23,29,32-34,39,53-54H,13-18,20-21H2,1-6H3,(H,45,52)(H,46,56)(H,50,55)(H,61,62)(H,63,64)(H2,44,47,48)(H2,58,59,60). The van der Waals surface area contributed by atoms with Gasteiger partial charge >= 0.3 is 23.5 Å². The zero-order valence-corrected chi connectivity index (χ0v) is 43.9. The summed E-state index contributed by atoms with van der Waals surface area (Å²) >= 11 is 0.952. The Hall–Kier alpha value is -4.53. The summed E-state index contributed by atoms with van der Waals surface area (Å²) in [5.74, 6) is -1.66. The number of benzene rings is 2. The third-order valence-electron chi connectivity index (χ3n) is 12.2. The lowest BCUT2D eigenvalue weighted by molar-refractivity contribution is -0.137. The fourth-order valence-corrected chi connectivity index (χ4v) is 11.5. The molecule has 7 unspecified atom stereocenters. The van der Waals surface area contributed by atoms with Crippen LogP contribution in [0.1, 0.15) is 98.9 Å². The maximum Gasteiger partial charge on any atom is 0.481 e. The van der Waals surface area contributed by atoms with Crippen LogP contribution in [-0.4, -0.2) is 129 Å². The second-order valence-electron chi connectivity index (χ2n) is 19.3. The number of nitrogens with one attached hydrogen (secondary N) is 3. The Morgan fingerprint density at radius 2 is 1.55 bits per heavy atom. The first-order valence-electron chi connectivity index (χ1n) is 22.5. The minimum absolute atomic E-state index is 0.0217. The Morgan fingerprint density at radius 3 is 2.22 bits per heavy atom. The molecule has 1 saturated heterocycles. The topological polar surface area (TPSA) is 393 Å². The Labute approximate surface area is 423 Å². The van der Waals surface area contributed by atoms with E-state index in [9.17, 15) is 62.7 Å². The van der Waals surface area contributed by atoms with Crippen LogP contribution in [0.2, 0.25) is 0 Å². The minimum Gasteiger partial charge on any atom is -0.386 e. The molecule has 2 aromatic heterocycles. The van der Waals surface area contributed by atoms with E-state index in [0.29, 0.717) is 16.8 Å². The first kappa shape index (κ1) is 57.7. The van der Waals surface area contributed by atoms with Crippen molar-refractivity contribution in [3.8, 4) is 0 Å². The highest BCUT2D eigenvalue weighted by Gasteiger charge is 2.50. The van der Waals surface area contributed by atoms with Gasteiger partial charge in [0.2, 0.25) is 16.9 Å². The Balaban J connectivity index is 0.887. The molecule has 0 radical (unpaired) electrons. The highest BCUT2D eigenvalue weighted by Crippen LogP contribution is 2.61. The molecule has 400 valence electrons. The molecule has 6 rings (SSSR count). The third kappa shape index (κ3) is 14.9. The second kappa shape index (κ2) is 22.7. The lowest BCUT2D eigenvalue weighted by Crippen LogP contribution is -2.46. The molecule has 0 spiro atoms. The van der Waals surface area contributed by atoms with Crippen LogP contribution in [0.4, 0.5) is 11.5 Å². The summed E-state index contributed by atoms with van der Waals surface area (Å²) in [7, 11) is -16.5. The minimum atomic E-state index is -5.61. The van der Waals surface area contributed by atoms with Crippen molar-refractivity contribution in [3.05, 3.63) is 77.4 Å². The van der Waals surface area contributed by atoms with Crippen LogP contribution in [0.5, 0.6) is 0 Å². The molecule has 7 atom stereocenters. The number of carbonyl (C=O) groups is 4. The SMILES string of the molecule is CC1(C)CCC(C)(C)c2cc(NC(=O)c3ccc(C(=O)SCCNC(=O)CCNC(=O)C(O)C(C)(C)COP(=O)(O)OP(=O)(O)OCC4OC(n5cnc6c(N)ncnc65)C(O)C4OP(=O)(O)O)cc3)ccc21. The van der Waals surface area contributed by atoms with Crippen LogP contribution in [-0.2, 0) is 56.7 Å². The van der Waals surface area contributed by atoms with Crippen LogP contribution in [0.3, 0.4) is 0 Å². The summed E-state index contributed by atoms with van der Waals surface area (Å²) in [6, 6.07) is 12.3. The highest BCUT2D eigenvalue weighted by atomic mass is 32.2. The van der Waals surface area contributed by atoms with Gasteiger partial charge in [0, 0.05) is 47.5 Å². The van der Waals surface area contributed by atoms with Crippen molar-refractivity contribution in [2.45, 2.75) is 102 Å². The number of thioether (sulfide) groups is 1. The van der Waals surface area contributed by atoms with Crippen LogP contribution in [0.15, 0.2) is 55.1 Å². The van der Waals surface area contributed by atoms with E-state index in [2.05, 4.69) is 73.5 Å². The molecule has 11 N–H and O–H groups in total. The number of imidazole rings is 1. The number of aliphatic hydroxyl groups is 2. The number of nitrogens with zero attached hydrogens (tertiary/aromatic N) is 4. The number of rotatable bonds is 22. The van der Waals surface area contributed by atoms with Crippen molar-refractivity contribution in [2.24, 2.45) is 5.41 Å². The van der Waals surface area contributed by atoms with Gasteiger partial charge in [-0.2, -0.15) is 4.31 Å². The van der Waals surface area contributed by atoms with Gasteiger partial charge in [0.1, 0.15) is 36.3 Å². The van der Waals surface area contributed by atoms with Gasteiger partial charge < -0.3 is 56.2 Å². The second-order valence-corrected chi connectivity index (χ2v) is 24.6. The number of amides is 3. The number of fused-ring (bicyclic) bond motifs is 2. The number of aliphatic hydroxyl groups excluding tert-OH is 2. The number of phosphoric ester groups is 3. The van der Waals surface area contributed by atoms with Crippen molar-refractivity contribution < 1.29 is 85.3 Å². The maximum atomic E-state index is 13.1. The summed E-state index contributed by atoms with van der Waals surface area (Å²) in [4.78, 5) is 102. The van der Waals surface area contributed by atoms with E-state index in [1.54, 1.807) is 24.3 Å². The fourth-order valence-electron chi connectivity index (χ4n) is 7.98. The van der Waals surface area contributed by atoms with E-state index in [4.69, 9.17) is 19.5 Å². The van der Waals surface area contributed by atoms with Gasteiger partial charge in [-0.05, 0) is 71.2 Å². The third-order valence-corrected chi connectivity index (χ3v) is 16.2. The number of anilines is 2. The molecule has 4 aromatic rings. The predicted octanol–water partition coefficient (Wildman–Crippen LogP) is 3.58.